The van der Waals surface area contributed by atoms with Crippen LogP contribution in [-0.2, 0) is 22.8 Å². The summed E-state index contributed by atoms with van der Waals surface area (Å²) in [5.74, 6) is -0.465. The molecule has 8 nitrogen and oxygen atoms in total. The number of benzene rings is 1. The van der Waals surface area contributed by atoms with Crippen molar-refractivity contribution in [3.05, 3.63) is 27.3 Å². The lowest BCUT2D eigenvalue weighted by molar-refractivity contribution is -0.383. The average molecular weight is 331 g/mol. The Morgan fingerprint density at radius 2 is 2.14 bits per heavy atom. The van der Waals surface area contributed by atoms with Crippen LogP contribution >= 0.6 is 11.6 Å². The zero-order valence-electron chi connectivity index (χ0n) is 11.4. The molecule has 21 heavy (non-hydrogen) atoms. The Balaban J connectivity index is 2.90. The smallest absolute Gasteiger partial charge is 0.274 e. The van der Waals surface area contributed by atoms with E-state index in [0.29, 0.717) is 0 Å². The number of halogens is 1. The van der Waals surface area contributed by atoms with Gasteiger partial charge >= 0.3 is 0 Å². The molecule has 0 radical (unpaired) electrons. The number of anilines is 1. The third-order valence-electron chi connectivity index (χ3n) is 2.83. The third kappa shape index (κ3) is 2.49. The molecule has 0 bridgehead atoms. The minimum atomic E-state index is -1.67. The van der Waals surface area contributed by atoms with Gasteiger partial charge in [0, 0.05) is 26.3 Å². The zero-order valence-corrected chi connectivity index (χ0v) is 12.9. The quantitative estimate of drug-likeness (QED) is 0.631. The molecule has 0 aliphatic heterocycles. The molecule has 0 N–H and O–H groups in total. The van der Waals surface area contributed by atoms with Crippen LogP contribution in [0.15, 0.2) is 12.1 Å². The van der Waals surface area contributed by atoms with Crippen molar-refractivity contribution in [2.75, 3.05) is 10.6 Å². The maximum atomic E-state index is 11.8. The van der Waals surface area contributed by atoms with Crippen molar-refractivity contribution < 1.29 is 13.9 Å². The van der Waals surface area contributed by atoms with Crippen molar-refractivity contribution in [3.63, 3.8) is 0 Å². The van der Waals surface area contributed by atoms with Crippen LogP contribution in [0.5, 0.6) is 0 Å². The number of carbonyl (C=O) groups is 1. The summed E-state index contributed by atoms with van der Waals surface area (Å²) in [5, 5.41) is 15.6. The third-order valence-corrected chi connectivity index (χ3v) is 4.09. The molecule has 1 heterocycles. The standard InChI is InChI=1S/C11H11ClN4O4S/c1-6(17)15(21(3)20)11-9-7(12)4-5-8(16(18)19)10(9)14(2)13-11/h4-5H,1-3H3. The molecule has 1 aromatic carbocycles. The number of hydrogen-bond acceptors (Lipinski definition) is 5. The van der Waals surface area contributed by atoms with Gasteiger partial charge in [-0.1, -0.05) is 11.6 Å². The van der Waals surface area contributed by atoms with Crippen LogP contribution in [0.3, 0.4) is 0 Å². The van der Waals surface area contributed by atoms with Gasteiger partial charge in [0.1, 0.15) is 16.5 Å². The first-order valence-electron chi connectivity index (χ1n) is 5.69. The molecule has 0 aliphatic carbocycles. The Bertz CT molecular complexity index is 774. The normalized spacial score (nSPS) is 12.4. The van der Waals surface area contributed by atoms with Crippen LogP contribution in [0.25, 0.3) is 10.9 Å². The number of fused-ring (bicyclic) bond motifs is 1. The molecule has 112 valence electrons. The molecule has 0 saturated heterocycles. The second-order valence-corrected chi connectivity index (χ2v) is 5.85. The van der Waals surface area contributed by atoms with Gasteiger partial charge in [-0.15, -0.1) is 0 Å². The lowest BCUT2D eigenvalue weighted by Crippen LogP contribution is -2.30. The molecule has 1 amide bonds. The molecule has 2 aromatic rings. The average Bonchev–Trinajstić information content (AvgIpc) is 2.67. The van der Waals surface area contributed by atoms with Gasteiger partial charge in [-0.05, 0) is 6.07 Å². The molecule has 10 heteroatoms. The van der Waals surface area contributed by atoms with Crippen molar-refractivity contribution in [2.45, 2.75) is 6.92 Å². The van der Waals surface area contributed by atoms with Gasteiger partial charge in [0.25, 0.3) is 5.69 Å². The number of nitro groups is 1. The van der Waals surface area contributed by atoms with E-state index >= 15 is 0 Å². The van der Waals surface area contributed by atoms with Crippen molar-refractivity contribution in [2.24, 2.45) is 7.05 Å². The van der Waals surface area contributed by atoms with Crippen LogP contribution in [0.4, 0.5) is 11.5 Å². The largest absolute Gasteiger partial charge is 0.295 e. The van der Waals surface area contributed by atoms with E-state index in [1.54, 1.807) is 0 Å². The number of amides is 1. The first-order valence-corrected chi connectivity index (χ1v) is 7.58. The fourth-order valence-electron chi connectivity index (χ4n) is 2.08. The number of carbonyl (C=O) groups excluding carboxylic acids is 1. The highest BCUT2D eigenvalue weighted by atomic mass is 35.5. The van der Waals surface area contributed by atoms with Crippen molar-refractivity contribution >= 4 is 50.9 Å². The summed E-state index contributed by atoms with van der Waals surface area (Å²) in [6.45, 7) is 1.23. The SMILES string of the molecule is CC(=O)N(c1nn(C)c2c([N+](=O)[O-])ccc(Cl)c12)S(C)=O. The minimum absolute atomic E-state index is 0.0366. The Hall–Kier alpha value is -2.00. The maximum Gasteiger partial charge on any atom is 0.295 e. The fourth-order valence-corrected chi connectivity index (χ4v) is 3.05. The van der Waals surface area contributed by atoms with E-state index in [0.717, 1.165) is 4.31 Å². The second-order valence-electron chi connectivity index (χ2n) is 4.23. The molecule has 0 fully saturated rings. The molecule has 0 spiro atoms. The van der Waals surface area contributed by atoms with Gasteiger partial charge in [0.2, 0.25) is 5.91 Å². The van der Waals surface area contributed by atoms with E-state index in [9.17, 15) is 19.1 Å². The maximum absolute atomic E-state index is 11.8. The highest BCUT2D eigenvalue weighted by Gasteiger charge is 2.28. The van der Waals surface area contributed by atoms with Gasteiger partial charge in [-0.25, -0.2) is 8.51 Å². The summed E-state index contributed by atoms with van der Waals surface area (Å²) in [4.78, 5) is 22.2. The van der Waals surface area contributed by atoms with E-state index < -0.39 is 21.8 Å². The highest BCUT2D eigenvalue weighted by Crippen LogP contribution is 2.37. The molecular weight excluding hydrogens is 320 g/mol. The van der Waals surface area contributed by atoms with Gasteiger partial charge < -0.3 is 0 Å². The second kappa shape index (κ2) is 5.41. The Morgan fingerprint density at radius 1 is 1.52 bits per heavy atom. The van der Waals surface area contributed by atoms with Crippen LogP contribution in [-0.4, -0.2) is 31.1 Å². The van der Waals surface area contributed by atoms with Crippen LogP contribution < -0.4 is 4.31 Å². The van der Waals surface area contributed by atoms with Crippen molar-refractivity contribution in [3.8, 4) is 0 Å². The molecule has 2 rings (SSSR count). The lowest BCUT2D eigenvalue weighted by atomic mass is 10.2. The number of non-ortho nitro benzene ring substituents is 1. The van der Waals surface area contributed by atoms with E-state index in [4.69, 9.17) is 11.6 Å². The van der Waals surface area contributed by atoms with E-state index in [2.05, 4.69) is 5.10 Å². The first kappa shape index (κ1) is 15.4. The first-order chi connectivity index (χ1) is 9.75. The van der Waals surface area contributed by atoms with Crippen LogP contribution in [0.1, 0.15) is 6.92 Å². The fraction of sp³-hybridized carbons (Fsp3) is 0.273. The summed E-state index contributed by atoms with van der Waals surface area (Å²) in [5.41, 5.74) is -0.0276. The molecule has 0 aliphatic rings. The van der Waals surface area contributed by atoms with Gasteiger partial charge in [-0.2, -0.15) is 5.10 Å². The Morgan fingerprint density at radius 3 is 2.62 bits per heavy atom. The predicted octanol–water partition coefficient (Wildman–Crippen LogP) is 1.78. The van der Waals surface area contributed by atoms with Gasteiger partial charge in [-0.3, -0.25) is 19.6 Å². The van der Waals surface area contributed by atoms with E-state index in [1.165, 1.54) is 37.0 Å². The van der Waals surface area contributed by atoms with Crippen LogP contribution in [0.2, 0.25) is 5.02 Å². The number of aryl methyl sites for hydroxylation is 1. The number of aromatic nitrogens is 2. The highest BCUT2D eigenvalue weighted by molar-refractivity contribution is 7.86. The Kier molecular flexibility index (Phi) is 3.97. The van der Waals surface area contributed by atoms with Gasteiger partial charge in [0.05, 0.1) is 15.3 Å². The monoisotopic (exact) mass is 330 g/mol. The topological polar surface area (TPSA) is 98.3 Å². The van der Waals surface area contributed by atoms with Crippen LogP contribution in [0, 0.1) is 10.1 Å². The molecular formula is C11H11ClN4O4S. The minimum Gasteiger partial charge on any atom is -0.274 e. The predicted molar refractivity (Wildman–Crippen MR) is 79.6 cm³/mol. The summed E-state index contributed by atoms with van der Waals surface area (Å²) in [6, 6.07) is 2.61. The van der Waals surface area contributed by atoms with Gasteiger partial charge in [0.15, 0.2) is 5.82 Å². The number of nitrogens with zero attached hydrogens (tertiary/aromatic N) is 4. The summed E-state index contributed by atoms with van der Waals surface area (Å²) in [7, 11) is -0.181. The van der Waals surface area contributed by atoms with E-state index in [1.807, 2.05) is 0 Å². The van der Waals surface area contributed by atoms with Crippen molar-refractivity contribution in [1.82, 2.24) is 9.78 Å². The lowest BCUT2D eigenvalue weighted by Gasteiger charge is -2.14. The molecule has 1 unspecified atom stereocenters. The van der Waals surface area contributed by atoms with E-state index in [-0.39, 0.29) is 27.4 Å². The Labute approximate surface area is 127 Å². The number of rotatable bonds is 3. The number of nitro benzene ring substituents is 1. The molecule has 0 saturated carbocycles. The summed E-state index contributed by atoms with van der Waals surface area (Å²) >= 11 is 6.09. The number of hydrogen-bond donors (Lipinski definition) is 0. The summed E-state index contributed by atoms with van der Waals surface area (Å²) < 4.78 is 13.9. The van der Waals surface area contributed by atoms with Crippen molar-refractivity contribution in [1.29, 1.82) is 0 Å². The molecule has 1 aromatic heterocycles. The zero-order chi connectivity index (χ0) is 15.9. The summed E-state index contributed by atoms with van der Waals surface area (Å²) in [6.07, 6.45) is 1.31. The molecule has 1 atom stereocenters.